The van der Waals surface area contributed by atoms with Gasteiger partial charge in [-0.3, -0.25) is 4.79 Å². The molecule has 0 aliphatic carbocycles. The lowest BCUT2D eigenvalue weighted by atomic mass is 9.71. The van der Waals surface area contributed by atoms with Crippen molar-refractivity contribution in [2.75, 3.05) is 32.7 Å². The second-order valence-electron chi connectivity index (χ2n) is 10.9. The van der Waals surface area contributed by atoms with Crippen LogP contribution in [0.4, 0.5) is 0 Å². The molecule has 2 rings (SSSR count). The molecule has 31 heavy (non-hydrogen) atoms. The molecule has 0 radical (unpaired) electrons. The number of hydrogen-bond acceptors (Lipinski definition) is 2. The van der Waals surface area contributed by atoms with Gasteiger partial charge in [0.1, 0.15) is 0 Å². The Morgan fingerprint density at radius 3 is 1.87 bits per heavy atom. The first-order valence-corrected chi connectivity index (χ1v) is 14.1. The van der Waals surface area contributed by atoms with Crippen LogP contribution in [0.15, 0.2) is 0 Å². The predicted octanol–water partition coefficient (Wildman–Crippen LogP) is 7.29. The lowest BCUT2D eigenvalue weighted by molar-refractivity contribution is -0.134. The standard InChI is InChI=1S/C28H54N2O/c1-5-9-12-25(8-4)14-15-27(31)30-22-18-28(19-23-30)16-20-29(21-17-28)24-26(11-7-3)13-10-6-2/h25-26H,5-24H2,1-4H3. The average Bonchev–Trinajstić information content (AvgIpc) is 2.79. The van der Waals surface area contributed by atoms with E-state index in [4.69, 9.17) is 0 Å². The zero-order valence-electron chi connectivity index (χ0n) is 21.6. The van der Waals surface area contributed by atoms with Crippen molar-refractivity contribution in [1.29, 1.82) is 0 Å². The fourth-order valence-corrected chi connectivity index (χ4v) is 6.06. The highest BCUT2D eigenvalue weighted by Crippen LogP contribution is 2.41. The smallest absolute Gasteiger partial charge is 0.222 e. The predicted molar refractivity (Wildman–Crippen MR) is 134 cm³/mol. The molecule has 2 atom stereocenters. The summed E-state index contributed by atoms with van der Waals surface area (Å²) in [5.74, 6) is 2.08. The topological polar surface area (TPSA) is 23.6 Å². The maximum Gasteiger partial charge on any atom is 0.222 e. The van der Waals surface area contributed by atoms with Crippen molar-refractivity contribution in [3.63, 3.8) is 0 Å². The Hall–Kier alpha value is -0.570. The number of unbranched alkanes of at least 4 members (excludes halogenated alkanes) is 2. The third-order valence-electron chi connectivity index (χ3n) is 8.58. The molecule has 1 amide bonds. The normalized spacial score (nSPS) is 21.4. The van der Waals surface area contributed by atoms with Crippen molar-refractivity contribution in [2.24, 2.45) is 17.3 Å². The van der Waals surface area contributed by atoms with E-state index in [-0.39, 0.29) is 0 Å². The maximum absolute atomic E-state index is 12.8. The van der Waals surface area contributed by atoms with E-state index >= 15 is 0 Å². The molecule has 2 saturated heterocycles. The van der Waals surface area contributed by atoms with Crippen LogP contribution in [-0.2, 0) is 4.79 Å². The zero-order valence-corrected chi connectivity index (χ0v) is 21.6. The Morgan fingerprint density at radius 1 is 0.742 bits per heavy atom. The molecule has 0 aromatic rings. The Kier molecular flexibility index (Phi) is 12.5. The van der Waals surface area contributed by atoms with Gasteiger partial charge in [0.15, 0.2) is 0 Å². The molecule has 2 unspecified atom stereocenters. The average molecular weight is 435 g/mol. The quantitative estimate of drug-likeness (QED) is 0.286. The lowest BCUT2D eigenvalue weighted by Crippen LogP contribution is -2.48. The van der Waals surface area contributed by atoms with Crippen molar-refractivity contribution in [3.8, 4) is 0 Å². The van der Waals surface area contributed by atoms with Crippen LogP contribution in [0, 0.1) is 17.3 Å². The van der Waals surface area contributed by atoms with Gasteiger partial charge in [0, 0.05) is 26.1 Å². The first-order valence-electron chi connectivity index (χ1n) is 14.1. The van der Waals surface area contributed by atoms with Crippen LogP contribution in [0.25, 0.3) is 0 Å². The van der Waals surface area contributed by atoms with E-state index < -0.39 is 0 Å². The molecule has 0 N–H and O–H groups in total. The highest BCUT2D eigenvalue weighted by Gasteiger charge is 2.38. The Bertz CT molecular complexity index is 473. The fraction of sp³-hybridized carbons (Fsp3) is 0.964. The van der Waals surface area contributed by atoms with Crippen molar-refractivity contribution in [3.05, 3.63) is 0 Å². The molecule has 2 aliphatic heterocycles. The molecular weight excluding hydrogens is 380 g/mol. The first-order chi connectivity index (χ1) is 15.1. The van der Waals surface area contributed by atoms with Gasteiger partial charge in [0.25, 0.3) is 0 Å². The monoisotopic (exact) mass is 434 g/mol. The summed E-state index contributed by atoms with van der Waals surface area (Å²) in [5, 5.41) is 0. The van der Waals surface area contributed by atoms with Crippen LogP contribution in [0.2, 0.25) is 0 Å². The largest absolute Gasteiger partial charge is 0.343 e. The summed E-state index contributed by atoms with van der Waals surface area (Å²) in [6, 6.07) is 0. The van der Waals surface area contributed by atoms with E-state index in [1.807, 2.05) is 0 Å². The molecule has 0 saturated carbocycles. The van der Waals surface area contributed by atoms with Gasteiger partial charge in [-0.05, 0) is 75.3 Å². The molecule has 2 fully saturated rings. The number of rotatable bonds is 14. The minimum absolute atomic E-state index is 0.431. The van der Waals surface area contributed by atoms with E-state index in [2.05, 4.69) is 37.5 Å². The summed E-state index contributed by atoms with van der Waals surface area (Å²) in [6.45, 7) is 15.1. The van der Waals surface area contributed by atoms with Gasteiger partial charge in [-0.1, -0.05) is 72.6 Å². The summed E-state index contributed by atoms with van der Waals surface area (Å²) < 4.78 is 0. The van der Waals surface area contributed by atoms with Crippen molar-refractivity contribution in [1.82, 2.24) is 9.80 Å². The van der Waals surface area contributed by atoms with Gasteiger partial charge in [0.2, 0.25) is 5.91 Å². The lowest BCUT2D eigenvalue weighted by Gasteiger charge is -2.47. The Balaban J connectivity index is 1.70. The van der Waals surface area contributed by atoms with Crippen molar-refractivity contribution >= 4 is 5.91 Å². The number of nitrogens with zero attached hydrogens (tertiary/aromatic N) is 2. The van der Waals surface area contributed by atoms with E-state index in [0.717, 1.165) is 37.8 Å². The second kappa shape index (κ2) is 14.6. The minimum Gasteiger partial charge on any atom is -0.343 e. The molecule has 182 valence electrons. The molecule has 3 heteroatoms. The van der Waals surface area contributed by atoms with Crippen LogP contribution in [0.3, 0.4) is 0 Å². The Morgan fingerprint density at radius 2 is 1.32 bits per heavy atom. The number of piperidine rings is 2. The number of amides is 1. The van der Waals surface area contributed by atoms with Gasteiger partial charge >= 0.3 is 0 Å². The molecule has 0 aromatic carbocycles. The van der Waals surface area contributed by atoms with Crippen LogP contribution < -0.4 is 0 Å². The second-order valence-corrected chi connectivity index (χ2v) is 10.9. The third kappa shape index (κ3) is 9.06. The fourth-order valence-electron chi connectivity index (χ4n) is 6.06. The van der Waals surface area contributed by atoms with Gasteiger partial charge in [-0.25, -0.2) is 0 Å². The molecule has 2 heterocycles. The SMILES string of the molecule is CCCCC(CC)CCC(=O)N1CCC2(CCN(CC(CCC)CCCC)CC2)CC1. The van der Waals surface area contributed by atoms with E-state index in [0.29, 0.717) is 11.3 Å². The maximum atomic E-state index is 12.8. The highest BCUT2D eigenvalue weighted by molar-refractivity contribution is 5.76. The molecular formula is C28H54N2O. The molecule has 0 aromatic heterocycles. The summed E-state index contributed by atoms with van der Waals surface area (Å²) in [7, 11) is 0. The van der Waals surface area contributed by atoms with Gasteiger partial charge in [-0.15, -0.1) is 0 Å². The van der Waals surface area contributed by atoms with Crippen molar-refractivity contribution in [2.45, 2.75) is 124 Å². The highest BCUT2D eigenvalue weighted by atomic mass is 16.2. The summed E-state index contributed by atoms with van der Waals surface area (Å²) in [6.07, 6.45) is 19.1. The summed E-state index contributed by atoms with van der Waals surface area (Å²) in [4.78, 5) is 17.8. The molecule has 2 aliphatic rings. The number of hydrogen-bond donors (Lipinski definition) is 0. The zero-order chi connectivity index (χ0) is 22.5. The molecule has 3 nitrogen and oxygen atoms in total. The van der Waals surface area contributed by atoms with Gasteiger partial charge in [-0.2, -0.15) is 0 Å². The van der Waals surface area contributed by atoms with E-state index in [1.54, 1.807) is 0 Å². The van der Waals surface area contributed by atoms with E-state index in [1.165, 1.54) is 103 Å². The van der Waals surface area contributed by atoms with Crippen LogP contribution in [-0.4, -0.2) is 48.4 Å². The van der Waals surface area contributed by atoms with E-state index in [9.17, 15) is 4.79 Å². The van der Waals surface area contributed by atoms with Crippen LogP contribution >= 0.6 is 0 Å². The first kappa shape index (κ1) is 26.7. The molecule has 0 bridgehead atoms. The third-order valence-corrected chi connectivity index (χ3v) is 8.58. The Labute approximate surface area is 194 Å². The number of carbonyl (C=O) groups is 1. The number of carbonyl (C=O) groups excluding carboxylic acids is 1. The minimum atomic E-state index is 0.431. The van der Waals surface area contributed by atoms with Gasteiger partial charge in [0.05, 0.1) is 0 Å². The summed E-state index contributed by atoms with van der Waals surface area (Å²) in [5.41, 5.74) is 0.532. The summed E-state index contributed by atoms with van der Waals surface area (Å²) >= 11 is 0. The van der Waals surface area contributed by atoms with Crippen molar-refractivity contribution < 1.29 is 4.79 Å². The van der Waals surface area contributed by atoms with Crippen LogP contribution in [0.5, 0.6) is 0 Å². The molecule has 1 spiro atoms. The number of likely N-dealkylation sites (tertiary alicyclic amines) is 2. The van der Waals surface area contributed by atoms with Crippen LogP contribution in [0.1, 0.15) is 124 Å². The van der Waals surface area contributed by atoms with Gasteiger partial charge < -0.3 is 9.80 Å².